The van der Waals surface area contributed by atoms with Crippen molar-refractivity contribution in [2.24, 2.45) is 0 Å². The molecule has 2 rings (SSSR count). The summed E-state index contributed by atoms with van der Waals surface area (Å²) in [6.07, 6.45) is 1.84. The van der Waals surface area contributed by atoms with E-state index in [2.05, 4.69) is 20.8 Å². The number of carbonyl (C=O) groups is 1. The molecule has 6 nitrogen and oxygen atoms in total. The van der Waals surface area contributed by atoms with Crippen molar-refractivity contribution >= 4 is 11.7 Å². The Morgan fingerprint density at radius 1 is 1.47 bits per heavy atom. The van der Waals surface area contributed by atoms with E-state index in [0.29, 0.717) is 5.69 Å². The number of aromatic amines is 1. The van der Waals surface area contributed by atoms with Crippen LogP contribution in [0.3, 0.4) is 0 Å². The highest BCUT2D eigenvalue weighted by Crippen LogP contribution is 2.15. The molecule has 7 heteroatoms. The van der Waals surface area contributed by atoms with E-state index in [9.17, 15) is 14.3 Å². The lowest BCUT2D eigenvalue weighted by molar-refractivity contribution is 0.170. The lowest BCUT2D eigenvalue weighted by Gasteiger charge is -2.13. The van der Waals surface area contributed by atoms with Gasteiger partial charge in [-0.3, -0.25) is 5.10 Å². The van der Waals surface area contributed by atoms with Crippen molar-refractivity contribution in [2.75, 3.05) is 11.9 Å². The number of aliphatic hydroxyl groups is 1. The number of nitrogens with one attached hydrogen (secondary N) is 3. The number of anilines is 1. The molecule has 4 N–H and O–H groups in total. The molecular formula is C12H13FN4O2. The Morgan fingerprint density at radius 3 is 2.95 bits per heavy atom. The van der Waals surface area contributed by atoms with Crippen LogP contribution in [0.5, 0.6) is 0 Å². The second-order valence-corrected chi connectivity index (χ2v) is 3.86. The molecule has 0 aliphatic heterocycles. The first kappa shape index (κ1) is 13.0. The molecule has 0 fully saturated rings. The lowest BCUT2D eigenvalue weighted by Crippen LogP contribution is -2.32. The van der Waals surface area contributed by atoms with Gasteiger partial charge in [-0.05, 0) is 6.07 Å². The maximum absolute atomic E-state index is 13.4. The van der Waals surface area contributed by atoms with Crippen molar-refractivity contribution in [1.82, 2.24) is 15.5 Å². The van der Waals surface area contributed by atoms with Gasteiger partial charge in [-0.2, -0.15) is 5.10 Å². The van der Waals surface area contributed by atoms with Crippen molar-refractivity contribution in [3.8, 4) is 0 Å². The van der Waals surface area contributed by atoms with Crippen LogP contribution in [0.2, 0.25) is 0 Å². The van der Waals surface area contributed by atoms with E-state index < -0.39 is 18.0 Å². The summed E-state index contributed by atoms with van der Waals surface area (Å²) in [4.78, 5) is 11.5. The Bertz CT molecular complexity index is 544. The molecule has 1 aromatic carbocycles. The molecule has 1 heterocycles. The number of hydrogen-bond acceptors (Lipinski definition) is 3. The first-order valence-electron chi connectivity index (χ1n) is 5.63. The minimum absolute atomic E-state index is 0.0926. The van der Waals surface area contributed by atoms with Crippen LogP contribution in [-0.4, -0.2) is 27.9 Å². The SMILES string of the molecule is O=C(NC[C@@H](O)c1ccccc1F)Nc1cn[nH]c1. The highest BCUT2D eigenvalue weighted by Gasteiger charge is 2.13. The molecule has 2 aromatic rings. The van der Waals surface area contributed by atoms with Crippen molar-refractivity contribution in [3.05, 3.63) is 48.0 Å². The van der Waals surface area contributed by atoms with Gasteiger partial charge in [0.15, 0.2) is 0 Å². The molecular weight excluding hydrogens is 251 g/mol. The third-order valence-corrected chi connectivity index (χ3v) is 2.48. The first-order chi connectivity index (χ1) is 9.16. The van der Waals surface area contributed by atoms with Crippen LogP contribution in [0.4, 0.5) is 14.9 Å². The van der Waals surface area contributed by atoms with Gasteiger partial charge in [-0.15, -0.1) is 0 Å². The van der Waals surface area contributed by atoms with E-state index in [1.54, 1.807) is 6.07 Å². The van der Waals surface area contributed by atoms with E-state index in [1.807, 2.05) is 0 Å². The number of benzene rings is 1. The molecule has 1 aromatic heterocycles. The molecule has 0 saturated carbocycles. The number of halogens is 1. The highest BCUT2D eigenvalue weighted by molar-refractivity contribution is 5.88. The summed E-state index contributed by atoms with van der Waals surface area (Å²) in [5.74, 6) is -0.507. The zero-order valence-electron chi connectivity index (χ0n) is 9.93. The number of nitrogens with zero attached hydrogens (tertiary/aromatic N) is 1. The summed E-state index contributed by atoms with van der Waals surface area (Å²) in [5.41, 5.74) is 0.643. The summed E-state index contributed by atoms with van der Waals surface area (Å²) < 4.78 is 13.4. The van der Waals surface area contributed by atoms with Gasteiger partial charge in [0.05, 0.1) is 18.0 Å². The second kappa shape index (κ2) is 5.96. The predicted molar refractivity (Wildman–Crippen MR) is 67.0 cm³/mol. The number of hydrogen-bond donors (Lipinski definition) is 4. The maximum Gasteiger partial charge on any atom is 0.319 e. The lowest BCUT2D eigenvalue weighted by atomic mass is 10.1. The quantitative estimate of drug-likeness (QED) is 0.673. The van der Waals surface area contributed by atoms with Crippen molar-refractivity contribution < 1.29 is 14.3 Å². The van der Waals surface area contributed by atoms with Crippen LogP contribution in [0, 0.1) is 5.82 Å². The molecule has 0 unspecified atom stereocenters. The second-order valence-electron chi connectivity index (χ2n) is 3.86. The smallest absolute Gasteiger partial charge is 0.319 e. The van der Waals surface area contributed by atoms with E-state index >= 15 is 0 Å². The standard InChI is InChI=1S/C12H13FN4O2/c13-10-4-2-1-3-9(10)11(18)7-14-12(19)17-8-5-15-16-6-8/h1-6,11,18H,7H2,(H,15,16)(H2,14,17,19)/t11-/m1/s1. The molecule has 0 aliphatic carbocycles. The molecule has 0 radical (unpaired) electrons. The molecule has 100 valence electrons. The monoisotopic (exact) mass is 264 g/mol. The number of aliphatic hydroxyl groups excluding tert-OH is 1. The zero-order chi connectivity index (χ0) is 13.7. The fourth-order valence-corrected chi connectivity index (χ4v) is 1.54. The van der Waals surface area contributed by atoms with E-state index in [4.69, 9.17) is 0 Å². The van der Waals surface area contributed by atoms with E-state index in [1.165, 1.54) is 30.6 Å². The zero-order valence-corrected chi connectivity index (χ0v) is 9.93. The van der Waals surface area contributed by atoms with Gasteiger partial charge in [-0.1, -0.05) is 18.2 Å². The summed E-state index contributed by atoms with van der Waals surface area (Å²) in [6, 6.07) is 5.37. The third kappa shape index (κ3) is 3.52. The number of aromatic nitrogens is 2. The van der Waals surface area contributed by atoms with Gasteiger partial charge in [0, 0.05) is 18.3 Å². The number of H-pyrrole nitrogens is 1. The Morgan fingerprint density at radius 2 is 2.26 bits per heavy atom. The first-order valence-corrected chi connectivity index (χ1v) is 5.63. The minimum atomic E-state index is -1.10. The largest absolute Gasteiger partial charge is 0.386 e. The molecule has 2 amide bonds. The van der Waals surface area contributed by atoms with E-state index in [0.717, 1.165) is 0 Å². The number of carbonyl (C=O) groups excluding carboxylic acids is 1. The fraction of sp³-hybridized carbons (Fsp3) is 0.167. The molecule has 1 atom stereocenters. The van der Waals surface area contributed by atoms with Crippen LogP contribution in [-0.2, 0) is 0 Å². The molecule has 0 aliphatic rings. The third-order valence-electron chi connectivity index (χ3n) is 2.48. The molecule has 19 heavy (non-hydrogen) atoms. The summed E-state index contributed by atoms with van der Waals surface area (Å²) in [5, 5.41) is 20.9. The van der Waals surface area contributed by atoms with Gasteiger partial charge >= 0.3 is 6.03 Å². The summed E-state index contributed by atoms with van der Waals surface area (Å²) in [6.45, 7) is -0.0926. The van der Waals surface area contributed by atoms with Crippen LogP contribution in [0.15, 0.2) is 36.7 Å². The van der Waals surface area contributed by atoms with Gasteiger partial charge in [0.2, 0.25) is 0 Å². The van der Waals surface area contributed by atoms with Crippen molar-refractivity contribution in [3.63, 3.8) is 0 Å². The van der Waals surface area contributed by atoms with Crippen LogP contribution in [0.25, 0.3) is 0 Å². The van der Waals surface area contributed by atoms with Crippen LogP contribution >= 0.6 is 0 Å². The molecule has 0 spiro atoms. The number of amides is 2. The van der Waals surface area contributed by atoms with Gasteiger partial charge < -0.3 is 15.7 Å². The molecule has 0 saturated heterocycles. The fourth-order valence-electron chi connectivity index (χ4n) is 1.54. The predicted octanol–water partition coefficient (Wildman–Crippen LogP) is 1.40. The van der Waals surface area contributed by atoms with Gasteiger partial charge in [0.1, 0.15) is 5.82 Å². The Balaban J connectivity index is 1.85. The summed E-state index contributed by atoms with van der Waals surface area (Å²) >= 11 is 0. The summed E-state index contributed by atoms with van der Waals surface area (Å²) in [7, 11) is 0. The maximum atomic E-state index is 13.4. The van der Waals surface area contributed by atoms with Crippen LogP contribution in [0.1, 0.15) is 11.7 Å². The highest BCUT2D eigenvalue weighted by atomic mass is 19.1. The van der Waals surface area contributed by atoms with Gasteiger partial charge in [-0.25, -0.2) is 9.18 Å². The normalized spacial score (nSPS) is 11.9. The number of urea groups is 1. The minimum Gasteiger partial charge on any atom is -0.386 e. The van der Waals surface area contributed by atoms with Crippen molar-refractivity contribution in [1.29, 1.82) is 0 Å². The van der Waals surface area contributed by atoms with E-state index in [-0.39, 0.29) is 12.1 Å². The Kier molecular flexibility index (Phi) is 4.09. The Labute approximate surface area is 108 Å². The van der Waals surface area contributed by atoms with Gasteiger partial charge in [0.25, 0.3) is 0 Å². The number of rotatable bonds is 4. The average Bonchev–Trinajstić information content (AvgIpc) is 2.89. The topological polar surface area (TPSA) is 90.0 Å². The van der Waals surface area contributed by atoms with Crippen molar-refractivity contribution in [2.45, 2.75) is 6.10 Å². The Hall–Kier alpha value is -2.41. The molecule has 0 bridgehead atoms. The average molecular weight is 264 g/mol. The van der Waals surface area contributed by atoms with Crippen LogP contribution < -0.4 is 10.6 Å².